The molecule has 0 heterocycles. The van der Waals surface area contributed by atoms with Crippen LogP contribution < -0.4 is 11.1 Å². The van der Waals surface area contributed by atoms with Crippen LogP contribution in [0.25, 0.3) is 0 Å². The lowest BCUT2D eigenvalue weighted by Gasteiger charge is -2.17. The minimum Gasteiger partial charge on any atom is -0.505 e. The molecule has 0 aromatic heterocycles. The average Bonchev–Trinajstić information content (AvgIpc) is 2.84. The standard InChI is InChI=1S/C13H16Cl2N2O2/c14-10-4-8(5-11(15)12(10)18)17-13(19)9-3-1-2-7(9)6-16/h4-5,7,9,18H,1-3,6,16H2,(H,17,19). The first-order valence-electron chi connectivity index (χ1n) is 6.22. The van der Waals surface area contributed by atoms with Crippen LogP contribution in [-0.4, -0.2) is 17.6 Å². The number of phenols is 1. The quantitative estimate of drug-likeness (QED) is 0.751. The van der Waals surface area contributed by atoms with Crippen molar-refractivity contribution in [3.63, 3.8) is 0 Å². The summed E-state index contributed by atoms with van der Waals surface area (Å²) < 4.78 is 0. The van der Waals surface area contributed by atoms with Gasteiger partial charge in [-0.3, -0.25) is 4.79 Å². The highest BCUT2D eigenvalue weighted by Gasteiger charge is 2.32. The lowest BCUT2D eigenvalue weighted by atomic mass is 9.95. The molecule has 0 aliphatic heterocycles. The Labute approximate surface area is 121 Å². The average molecular weight is 303 g/mol. The summed E-state index contributed by atoms with van der Waals surface area (Å²) in [6.07, 6.45) is 2.87. The number of benzene rings is 1. The summed E-state index contributed by atoms with van der Waals surface area (Å²) in [5.74, 6) is -0.0628. The molecule has 1 fully saturated rings. The lowest BCUT2D eigenvalue weighted by molar-refractivity contribution is -0.120. The number of halogens is 2. The second-order valence-electron chi connectivity index (χ2n) is 4.81. The predicted molar refractivity (Wildman–Crippen MR) is 76.6 cm³/mol. The van der Waals surface area contributed by atoms with E-state index in [4.69, 9.17) is 28.9 Å². The van der Waals surface area contributed by atoms with Crippen molar-refractivity contribution in [3.8, 4) is 5.75 Å². The third-order valence-electron chi connectivity index (χ3n) is 3.58. The zero-order valence-corrected chi connectivity index (χ0v) is 11.8. The molecule has 0 spiro atoms. The molecule has 2 rings (SSSR count). The van der Waals surface area contributed by atoms with Gasteiger partial charge in [-0.05, 0) is 37.4 Å². The molecule has 2 unspecified atom stereocenters. The molecule has 1 amide bonds. The van der Waals surface area contributed by atoms with Crippen LogP contribution in [0.2, 0.25) is 10.0 Å². The topological polar surface area (TPSA) is 75.4 Å². The van der Waals surface area contributed by atoms with Crippen LogP contribution in [0, 0.1) is 11.8 Å². The molecule has 104 valence electrons. The number of amides is 1. The van der Waals surface area contributed by atoms with Gasteiger partial charge in [0.15, 0.2) is 5.75 Å². The Balaban J connectivity index is 2.11. The summed E-state index contributed by atoms with van der Waals surface area (Å²) in [7, 11) is 0. The first kappa shape index (κ1) is 14.4. The van der Waals surface area contributed by atoms with Gasteiger partial charge in [0.05, 0.1) is 10.0 Å². The summed E-state index contributed by atoms with van der Waals surface area (Å²) in [5.41, 5.74) is 6.15. The van der Waals surface area contributed by atoms with Crippen molar-refractivity contribution < 1.29 is 9.90 Å². The van der Waals surface area contributed by atoms with Crippen LogP contribution in [0.5, 0.6) is 5.75 Å². The van der Waals surface area contributed by atoms with Gasteiger partial charge in [0, 0.05) is 11.6 Å². The van der Waals surface area contributed by atoms with Gasteiger partial charge in [0.25, 0.3) is 0 Å². The first-order valence-corrected chi connectivity index (χ1v) is 6.97. The molecular weight excluding hydrogens is 287 g/mol. The monoisotopic (exact) mass is 302 g/mol. The Morgan fingerprint density at radius 3 is 2.58 bits per heavy atom. The minimum absolute atomic E-state index is 0.0589. The van der Waals surface area contributed by atoms with Gasteiger partial charge in [0.2, 0.25) is 5.91 Å². The molecule has 2 atom stereocenters. The van der Waals surface area contributed by atoms with Crippen molar-refractivity contribution in [2.75, 3.05) is 11.9 Å². The molecule has 1 aliphatic carbocycles. The summed E-state index contributed by atoms with van der Waals surface area (Å²) in [4.78, 5) is 12.2. The zero-order chi connectivity index (χ0) is 14.0. The van der Waals surface area contributed by atoms with E-state index in [1.807, 2.05) is 0 Å². The number of phenolic OH excluding ortho intramolecular Hbond substituents is 1. The molecule has 0 radical (unpaired) electrons. The van der Waals surface area contributed by atoms with E-state index in [1.165, 1.54) is 12.1 Å². The molecule has 6 heteroatoms. The van der Waals surface area contributed by atoms with Crippen molar-refractivity contribution in [2.24, 2.45) is 17.6 Å². The lowest BCUT2D eigenvalue weighted by Crippen LogP contribution is -2.29. The molecule has 19 heavy (non-hydrogen) atoms. The van der Waals surface area contributed by atoms with E-state index in [2.05, 4.69) is 5.32 Å². The highest BCUT2D eigenvalue weighted by Crippen LogP contribution is 2.36. The molecule has 1 aromatic carbocycles. The molecule has 4 nitrogen and oxygen atoms in total. The fourth-order valence-electron chi connectivity index (χ4n) is 2.54. The fraction of sp³-hybridized carbons (Fsp3) is 0.462. The van der Waals surface area contributed by atoms with Crippen molar-refractivity contribution in [1.29, 1.82) is 0 Å². The first-order chi connectivity index (χ1) is 9.02. The Kier molecular flexibility index (Phi) is 4.55. The van der Waals surface area contributed by atoms with Crippen molar-refractivity contribution in [2.45, 2.75) is 19.3 Å². The Hall–Kier alpha value is -0.970. The van der Waals surface area contributed by atoms with Gasteiger partial charge >= 0.3 is 0 Å². The number of hydrogen-bond acceptors (Lipinski definition) is 3. The van der Waals surface area contributed by atoms with Gasteiger partial charge in [-0.2, -0.15) is 0 Å². The molecule has 1 saturated carbocycles. The third-order valence-corrected chi connectivity index (χ3v) is 4.16. The van der Waals surface area contributed by atoms with Crippen LogP contribution in [0.4, 0.5) is 5.69 Å². The summed E-state index contributed by atoms with van der Waals surface area (Å²) in [5, 5.41) is 12.5. The van der Waals surface area contributed by atoms with E-state index in [-0.39, 0.29) is 33.5 Å². The smallest absolute Gasteiger partial charge is 0.227 e. The Morgan fingerprint density at radius 1 is 1.37 bits per heavy atom. The van der Waals surface area contributed by atoms with Gasteiger partial charge in [-0.1, -0.05) is 29.6 Å². The maximum atomic E-state index is 12.2. The molecule has 4 N–H and O–H groups in total. The zero-order valence-electron chi connectivity index (χ0n) is 10.3. The SMILES string of the molecule is NCC1CCCC1C(=O)Nc1cc(Cl)c(O)c(Cl)c1. The van der Waals surface area contributed by atoms with Crippen LogP contribution >= 0.6 is 23.2 Å². The van der Waals surface area contributed by atoms with E-state index < -0.39 is 0 Å². The molecular formula is C13H16Cl2N2O2. The number of nitrogens with two attached hydrogens (primary N) is 1. The number of carbonyl (C=O) groups is 1. The van der Waals surface area contributed by atoms with Gasteiger partial charge in [-0.15, -0.1) is 0 Å². The van der Waals surface area contributed by atoms with E-state index in [1.54, 1.807) is 0 Å². The van der Waals surface area contributed by atoms with E-state index in [0.29, 0.717) is 12.2 Å². The third kappa shape index (κ3) is 3.14. The van der Waals surface area contributed by atoms with E-state index in [0.717, 1.165) is 19.3 Å². The fourth-order valence-corrected chi connectivity index (χ4v) is 3.02. The predicted octanol–water partition coefficient (Wildman–Crippen LogP) is 3.01. The number of carbonyl (C=O) groups excluding carboxylic acids is 1. The highest BCUT2D eigenvalue weighted by atomic mass is 35.5. The minimum atomic E-state index is -0.179. The Bertz CT molecular complexity index is 471. The molecule has 1 aromatic rings. The normalized spacial score (nSPS) is 22.5. The number of rotatable bonds is 3. The van der Waals surface area contributed by atoms with E-state index >= 15 is 0 Å². The van der Waals surface area contributed by atoms with Crippen molar-refractivity contribution in [3.05, 3.63) is 22.2 Å². The van der Waals surface area contributed by atoms with Crippen LogP contribution in [0.15, 0.2) is 12.1 Å². The number of hydrogen-bond donors (Lipinski definition) is 3. The molecule has 0 saturated heterocycles. The van der Waals surface area contributed by atoms with Gasteiger partial charge < -0.3 is 16.2 Å². The van der Waals surface area contributed by atoms with E-state index in [9.17, 15) is 9.90 Å². The largest absolute Gasteiger partial charge is 0.505 e. The van der Waals surface area contributed by atoms with Crippen LogP contribution in [0.3, 0.4) is 0 Å². The van der Waals surface area contributed by atoms with Crippen molar-refractivity contribution in [1.82, 2.24) is 0 Å². The number of aromatic hydroxyl groups is 1. The highest BCUT2D eigenvalue weighted by molar-refractivity contribution is 6.37. The van der Waals surface area contributed by atoms with Gasteiger partial charge in [-0.25, -0.2) is 0 Å². The molecule has 0 bridgehead atoms. The summed E-state index contributed by atoms with van der Waals surface area (Å²) in [6, 6.07) is 2.96. The van der Waals surface area contributed by atoms with Crippen LogP contribution in [0.1, 0.15) is 19.3 Å². The maximum Gasteiger partial charge on any atom is 0.227 e. The summed E-state index contributed by atoms with van der Waals surface area (Å²) >= 11 is 11.6. The number of anilines is 1. The molecule has 1 aliphatic rings. The van der Waals surface area contributed by atoms with Crippen LogP contribution in [-0.2, 0) is 4.79 Å². The number of nitrogens with one attached hydrogen (secondary N) is 1. The van der Waals surface area contributed by atoms with Gasteiger partial charge in [0.1, 0.15) is 0 Å². The van der Waals surface area contributed by atoms with Crippen molar-refractivity contribution >= 4 is 34.8 Å². The maximum absolute atomic E-state index is 12.2. The second-order valence-corrected chi connectivity index (χ2v) is 5.63. The summed E-state index contributed by atoms with van der Waals surface area (Å²) in [6.45, 7) is 0.523. The Morgan fingerprint density at radius 2 is 2.00 bits per heavy atom. The second kappa shape index (κ2) is 5.99.